The predicted molar refractivity (Wildman–Crippen MR) is 113 cm³/mol. The summed E-state index contributed by atoms with van der Waals surface area (Å²) in [5.74, 6) is 0.781. The van der Waals surface area contributed by atoms with Crippen LogP contribution >= 0.6 is 0 Å². The zero-order valence-corrected chi connectivity index (χ0v) is 16.0. The van der Waals surface area contributed by atoms with Gasteiger partial charge in [0, 0.05) is 11.4 Å². The molecule has 0 spiro atoms. The van der Waals surface area contributed by atoms with Crippen LogP contribution in [0.15, 0.2) is 42.5 Å². The molecular formula is C21H21N7. The molecule has 0 radical (unpaired) electrons. The van der Waals surface area contributed by atoms with Gasteiger partial charge in [-0.05, 0) is 73.9 Å². The first kappa shape index (κ1) is 18.9. The van der Waals surface area contributed by atoms with Crippen molar-refractivity contribution < 1.29 is 0 Å². The van der Waals surface area contributed by atoms with E-state index in [0.717, 1.165) is 28.1 Å². The fourth-order valence-electron chi connectivity index (χ4n) is 2.86. The van der Waals surface area contributed by atoms with Crippen molar-refractivity contribution in [3.05, 3.63) is 64.7 Å². The molecule has 140 valence electrons. The highest BCUT2D eigenvalue weighted by molar-refractivity contribution is 5.68. The Bertz CT molecular complexity index is 1040. The fraction of sp³-hybridized carbons (Fsp3) is 0.143. The van der Waals surface area contributed by atoms with Gasteiger partial charge in [0.25, 0.3) is 0 Å². The zero-order chi connectivity index (χ0) is 20.1. The van der Waals surface area contributed by atoms with Gasteiger partial charge in [-0.2, -0.15) is 20.2 Å². The SMILES string of the molecule is C/C=C/c1cc(C)c(Nc2nc(N)nc(Nc3ccc(C#N)cc3)n2)c(C)c1. The quantitative estimate of drug-likeness (QED) is 0.607. The first-order valence-corrected chi connectivity index (χ1v) is 8.78. The van der Waals surface area contributed by atoms with Gasteiger partial charge in [0.2, 0.25) is 17.8 Å². The minimum atomic E-state index is 0.106. The number of allylic oxidation sites excluding steroid dienone is 1. The van der Waals surface area contributed by atoms with Crippen LogP contribution < -0.4 is 16.4 Å². The summed E-state index contributed by atoms with van der Waals surface area (Å²) in [5.41, 5.74) is 11.4. The molecule has 1 heterocycles. The topological polar surface area (TPSA) is 113 Å². The van der Waals surface area contributed by atoms with Crippen molar-refractivity contribution >= 4 is 35.3 Å². The number of rotatable bonds is 5. The lowest BCUT2D eigenvalue weighted by molar-refractivity contribution is 1.07. The van der Waals surface area contributed by atoms with Crippen LogP contribution in [0.25, 0.3) is 6.08 Å². The molecule has 0 aliphatic heterocycles. The van der Waals surface area contributed by atoms with Gasteiger partial charge in [0.1, 0.15) is 0 Å². The van der Waals surface area contributed by atoms with Crippen molar-refractivity contribution in [3.63, 3.8) is 0 Å². The van der Waals surface area contributed by atoms with Crippen LogP contribution in [0.4, 0.5) is 29.2 Å². The molecule has 0 aliphatic rings. The van der Waals surface area contributed by atoms with Crippen LogP contribution in [0, 0.1) is 25.2 Å². The first-order valence-electron chi connectivity index (χ1n) is 8.78. The number of nitrogen functional groups attached to an aromatic ring is 1. The highest BCUT2D eigenvalue weighted by Gasteiger charge is 2.09. The molecule has 7 nitrogen and oxygen atoms in total. The van der Waals surface area contributed by atoms with E-state index in [1.807, 2.05) is 26.8 Å². The number of nitrogens with two attached hydrogens (primary N) is 1. The molecule has 7 heteroatoms. The number of anilines is 5. The Morgan fingerprint density at radius 1 is 0.964 bits per heavy atom. The summed E-state index contributed by atoms with van der Waals surface area (Å²) < 4.78 is 0. The molecule has 0 saturated heterocycles. The van der Waals surface area contributed by atoms with Crippen molar-refractivity contribution in [2.24, 2.45) is 0 Å². The minimum Gasteiger partial charge on any atom is -0.368 e. The Morgan fingerprint density at radius 2 is 1.57 bits per heavy atom. The lowest BCUT2D eigenvalue weighted by atomic mass is 10.0. The second-order valence-corrected chi connectivity index (χ2v) is 6.31. The monoisotopic (exact) mass is 371 g/mol. The number of aromatic nitrogens is 3. The van der Waals surface area contributed by atoms with Crippen molar-refractivity contribution in [1.82, 2.24) is 15.0 Å². The number of hydrogen-bond acceptors (Lipinski definition) is 7. The molecule has 0 fully saturated rings. The van der Waals surface area contributed by atoms with Gasteiger partial charge in [-0.1, -0.05) is 12.2 Å². The van der Waals surface area contributed by atoms with Gasteiger partial charge >= 0.3 is 0 Å². The van der Waals surface area contributed by atoms with Crippen LogP contribution in [0.3, 0.4) is 0 Å². The Morgan fingerprint density at radius 3 is 2.14 bits per heavy atom. The molecule has 1 aromatic heterocycles. The van der Waals surface area contributed by atoms with Gasteiger partial charge in [0.05, 0.1) is 11.6 Å². The summed E-state index contributed by atoms with van der Waals surface area (Å²) in [6, 6.07) is 13.3. The lowest BCUT2D eigenvalue weighted by Gasteiger charge is -2.14. The summed E-state index contributed by atoms with van der Waals surface area (Å²) in [5, 5.41) is 15.2. The number of hydrogen-bond donors (Lipinski definition) is 3. The van der Waals surface area contributed by atoms with Crippen molar-refractivity contribution in [2.45, 2.75) is 20.8 Å². The maximum absolute atomic E-state index is 8.89. The van der Waals surface area contributed by atoms with E-state index in [1.54, 1.807) is 24.3 Å². The number of benzene rings is 2. The third-order valence-corrected chi connectivity index (χ3v) is 4.07. The third kappa shape index (κ3) is 4.43. The number of nitrogens with zero attached hydrogens (tertiary/aromatic N) is 4. The van der Waals surface area contributed by atoms with E-state index < -0.39 is 0 Å². The minimum absolute atomic E-state index is 0.106. The van der Waals surface area contributed by atoms with Crippen LogP contribution in [0.5, 0.6) is 0 Å². The smallest absolute Gasteiger partial charge is 0.233 e. The standard InChI is InChI=1S/C21H21N7/c1-4-5-16-10-13(2)18(14(3)11-16)25-21-27-19(23)26-20(28-21)24-17-8-6-15(12-22)7-9-17/h4-11H,1-3H3,(H4,23,24,25,26,27,28)/b5-4+. The van der Waals surface area contributed by atoms with Crippen LogP contribution in [0.1, 0.15) is 29.2 Å². The average Bonchev–Trinajstić information content (AvgIpc) is 2.65. The molecule has 3 aromatic rings. The van der Waals surface area contributed by atoms with Gasteiger partial charge < -0.3 is 16.4 Å². The largest absolute Gasteiger partial charge is 0.368 e. The highest BCUT2D eigenvalue weighted by Crippen LogP contribution is 2.26. The van der Waals surface area contributed by atoms with Crippen molar-refractivity contribution in [2.75, 3.05) is 16.4 Å². The van der Waals surface area contributed by atoms with Crippen LogP contribution in [0.2, 0.25) is 0 Å². The van der Waals surface area contributed by atoms with E-state index in [2.05, 4.69) is 49.9 Å². The zero-order valence-electron chi connectivity index (χ0n) is 16.0. The Hall–Kier alpha value is -3.92. The van der Waals surface area contributed by atoms with Crippen molar-refractivity contribution in [3.8, 4) is 6.07 Å². The van der Waals surface area contributed by atoms with Gasteiger partial charge in [-0.15, -0.1) is 0 Å². The molecule has 0 amide bonds. The molecule has 3 rings (SSSR count). The van der Waals surface area contributed by atoms with E-state index >= 15 is 0 Å². The summed E-state index contributed by atoms with van der Waals surface area (Å²) in [6.07, 6.45) is 4.07. The van der Waals surface area contributed by atoms with E-state index in [4.69, 9.17) is 11.0 Å². The van der Waals surface area contributed by atoms with Crippen LogP contribution in [-0.2, 0) is 0 Å². The molecule has 2 aromatic carbocycles. The summed E-state index contributed by atoms with van der Waals surface area (Å²) >= 11 is 0. The molecule has 0 bridgehead atoms. The van der Waals surface area contributed by atoms with Crippen molar-refractivity contribution in [1.29, 1.82) is 5.26 Å². The molecule has 0 saturated carbocycles. The van der Waals surface area contributed by atoms with Gasteiger partial charge in [0.15, 0.2) is 0 Å². The fourth-order valence-corrected chi connectivity index (χ4v) is 2.86. The second kappa shape index (κ2) is 8.18. The van der Waals surface area contributed by atoms with E-state index in [0.29, 0.717) is 17.5 Å². The Balaban J connectivity index is 1.86. The Kier molecular flexibility index (Phi) is 5.51. The van der Waals surface area contributed by atoms with Crippen LogP contribution in [-0.4, -0.2) is 15.0 Å². The molecule has 4 N–H and O–H groups in total. The van der Waals surface area contributed by atoms with E-state index in [1.165, 1.54) is 0 Å². The molecule has 0 atom stereocenters. The number of aryl methyl sites for hydroxylation is 2. The summed E-state index contributed by atoms with van der Waals surface area (Å²) in [6.45, 7) is 6.05. The maximum Gasteiger partial charge on any atom is 0.233 e. The summed E-state index contributed by atoms with van der Waals surface area (Å²) in [7, 11) is 0. The molecule has 28 heavy (non-hydrogen) atoms. The number of nitrogens with one attached hydrogen (secondary N) is 2. The number of nitriles is 1. The summed E-state index contributed by atoms with van der Waals surface area (Å²) in [4.78, 5) is 12.7. The third-order valence-electron chi connectivity index (χ3n) is 4.07. The van der Waals surface area contributed by atoms with E-state index in [-0.39, 0.29) is 5.95 Å². The van der Waals surface area contributed by atoms with E-state index in [9.17, 15) is 0 Å². The highest BCUT2D eigenvalue weighted by atomic mass is 15.2. The molecule has 0 aliphatic carbocycles. The second-order valence-electron chi connectivity index (χ2n) is 6.31. The van der Waals surface area contributed by atoms with Gasteiger partial charge in [-0.3, -0.25) is 0 Å². The predicted octanol–water partition coefficient (Wildman–Crippen LogP) is 4.46. The average molecular weight is 371 g/mol. The maximum atomic E-state index is 8.89. The molecule has 0 unspecified atom stereocenters. The van der Waals surface area contributed by atoms with Gasteiger partial charge in [-0.25, -0.2) is 0 Å². The molecular weight excluding hydrogens is 350 g/mol. The first-order chi connectivity index (χ1) is 13.5. The normalized spacial score (nSPS) is 10.6. The Labute approximate surface area is 164 Å². The lowest BCUT2D eigenvalue weighted by Crippen LogP contribution is -2.08.